The van der Waals surface area contributed by atoms with Crippen molar-refractivity contribution < 1.29 is 18.7 Å². The van der Waals surface area contributed by atoms with Crippen LogP contribution >= 0.6 is 15.9 Å². The third kappa shape index (κ3) is 5.45. The molecule has 0 aliphatic heterocycles. The van der Waals surface area contributed by atoms with E-state index >= 15 is 0 Å². The lowest BCUT2D eigenvalue weighted by Gasteiger charge is -2.08. The van der Waals surface area contributed by atoms with Crippen molar-refractivity contribution in [3.05, 3.63) is 63.9 Å². The average molecular weight is 394 g/mol. The smallest absolute Gasteiger partial charge is 0.257 e. The lowest BCUT2D eigenvalue weighted by Crippen LogP contribution is -2.30. The van der Waals surface area contributed by atoms with Gasteiger partial charge in [0.25, 0.3) is 5.91 Å². The third-order valence-electron chi connectivity index (χ3n) is 3.36. The molecular weight excluding hydrogens is 377 g/mol. The molecule has 0 spiro atoms. The zero-order valence-electron chi connectivity index (χ0n) is 13.1. The van der Waals surface area contributed by atoms with Crippen molar-refractivity contribution in [3.8, 4) is 5.75 Å². The summed E-state index contributed by atoms with van der Waals surface area (Å²) in [5.41, 5.74) is 1.12. The van der Waals surface area contributed by atoms with Crippen LogP contribution < -0.4 is 10.1 Å². The van der Waals surface area contributed by atoms with Crippen molar-refractivity contribution >= 4 is 27.6 Å². The lowest BCUT2D eigenvalue weighted by atomic mass is 10.1. The number of ether oxygens (including phenoxy) is 1. The number of amides is 1. The first kappa shape index (κ1) is 18.1. The second kappa shape index (κ2) is 8.59. The van der Waals surface area contributed by atoms with Crippen molar-refractivity contribution in [1.82, 2.24) is 5.32 Å². The Morgan fingerprint density at radius 1 is 1.17 bits per heavy atom. The van der Waals surface area contributed by atoms with Gasteiger partial charge in [-0.2, -0.15) is 0 Å². The number of hydrogen-bond acceptors (Lipinski definition) is 3. The van der Waals surface area contributed by atoms with Gasteiger partial charge in [0, 0.05) is 16.6 Å². The molecule has 0 saturated carbocycles. The summed E-state index contributed by atoms with van der Waals surface area (Å²) in [7, 11) is 0. The molecule has 4 nitrogen and oxygen atoms in total. The van der Waals surface area contributed by atoms with E-state index < -0.39 is 0 Å². The quantitative estimate of drug-likeness (QED) is 0.732. The van der Waals surface area contributed by atoms with Crippen LogP contribution in [0, 0.1) is 5.82 Å². The maximum absolute atomic E-state index is 13.6. The molecule has 1 N–H and O–H groups in total. The van der Waals surface area contributed by atoms with Gasteiger partial charge < -0.3 is 10.1 Å². The Balaban J connectivity index is 1.75. The van der Waals surface area contributed by atoms with E-state index in [-0.39, 0.29) is 24.1 Å². The fourth-order valence-electron chi connectivity index (χ4n) is 2.06. The van der Waals surface area contributed by atoms with Crippen molar-refractivity contribution in [2.75, 3.05) is 13.2 Å². The first-order chi connectivity index (χ1) is 11.5. The molecule has 0 radical (unpaired) electrons. The standard InChI is InChI=1S/C18H17BrFNO3/c1-12(22)13-2-5-16(6-3-13)24-11-18(23)21-9-8-14-10-15(19)4-7-17(14)20/h2-7,10H,8-9,11H2,1H3,(H,21,23). The Morgan fingerprint density at radius 3 is 2.54 bits per heavy atom. The van der Waals surface area contributed by atoms with E-state index in [0.29, 0.717) is 29.8 Å². The summed E-state index contributed by atoms with van der Waals surface area (Å²) in [6.07, 6.45) is 0.393. The first-order valence-corrected chi connectivity index (χ1v) is 8.19. The largest absolute Gasteiger partial charge is 0.484 e. The Labute approximate surface area is 148 Å². The number of halogens is 2. The number of hydrogen-bond donors (Lipinski definition) is 1. The van der Waals surface area contributed by atoms with Gasteiger partial charge in [0.2, 0.25) is 0 Å². The number of Topliss-reactive ketones (excluding diaryl/α,β-unsaturated/α-hetero) is 1. The van der Waals surface area contributed by atoms with Crippen molar-refractivity contribution in [2.45, 2.75) is 13.3 Å². The van der Waals surface area contributed by atoms with Crippen LogP contribution in [0.5, 0.6) is 5.75 Å². The molecule has 2 aromatic carbocycles. The molecule has 24 heavy (non-hydrogen) atoms. The Bertz CT molecular complexity index is 732. The van der Waals surface area contributed by atoms with Gasteiger partial charge in [0.1, 0.15) is 11.6 Å². The predicted molar refractivity (Wildman–Crippen MR) is 92.8 cm³/mol. The maximum Gasteiger partial charge on any atom is 0.257 e. The van der Waals surface area contributed by atoms with E-state index in [0.717, 1.165) is 4.47 Å². The summed E-state index contributed by atoms with van der Waals surface area (Å²) in [6, 6.07) is 11.3. The number of carbonyl (C=O) groups is 2. The van der Waals surface area contributed by atoms with Crippen LogP contribution in [-0.4, -0.2) is 24.8 Å². The van der Waals surface area contributed by atoms with Crippen LogP contribution in [0.3, 0.4) is 0 Å². The van der Waals surface area contributed by atoms with Gasteiger partial charge in [-0.05, 0) is 61.4 Å². The summed E-state index contributed by atoms with van der Waals surface area (Å²) in [4.78, 5) is 22.9. The van der Waals surface area contributed by atoms with Gasteiger partial charge in [-0.1, -0.05) is 15.9 Å². The second-order valence-electron chi connectivity index (χ2n) is 5.20. The number of ketones is 1. The summed E-state index contributed by atoms with van der Waals surface area (Å²) >= 11 is 3.29. The number of carbonyl (C=O) groups excluding carboxylic acids is 2. The van der Waals surface area contributed by atoms with E-state index in [4.69, 9.17) is 4.74 Å². The molecule has 0 saturated heterocycles. The van der Waals surface area contributed by atoms with Crippen LogP contribution in [0.2, 0.25) is 0 Å². The number of benzene rings is 2. The van der Waals surface area contributed by atoms with E-state index in [1.165, 1.54) is 13.0 Å². The molecule has 0 fully saturated rings. The summed E-state index contributed by atoms with van der Waals surface area (Å²) in [5.74, 6) is -0.109. The minimum absolute atomic E-state index is 0.0286. The summed E-state index contributed by atoms with van der Waals surface area (Å²) in [6.45, 7) is 1.66. The molecule has 0 unspecified atom stereocenters. The maximum atomic E-state index is 13.6. The highest BCUT2D eigenvalue weighted by atomic mass is 79.9. The fraction of sp³-hybridized carbons (Fsp3) is 0.222. The van der Waals surface area contributed by atoms with E-state index in [1.807, 2.05) is 0 Å². The molecule has 0 aromatic heterocycles. The second-order valence-corrected chi connectivity index (χ2v) is 6.12. The monoisotopic (exact) mass is 393 g/mol. The zero-order valence-corrected chi connectivity index (χ0v) is 14.7. The van der Waals surface area contributed by atoms with Crippen molar-refractivity contribution in [3.63, 3.8) is 0 Å². The Kier molecular flexibility index (Phi) is 6.49. The van der Waals surface area contributed by atoms with Crippen LogP contribution in [0.1, 0.15) is 22.8 Å². The van der Waals surface area contributed by atoms with E-state index in [1.54, 1.807) is 36.4 Å². The van der Waals surface area contributed by atoms with Gasteiger partial charge >= 0.3 is 0 Å². The molecule has 126 valence electrons. The van der Waals surface area contributed by atoms with Gasteiger partial charge in [0.05, 0.1) is 0 Å². The molecule has 0 aliphatic rings. The fourth-order valence-corrected chi connectivity index (χ4v) is 2.47. The molecule has 6 heteroatoms. The summed E-state index contributed by atoms with van der Waals surface area (Å²) < 4.78 is 19.7. The number of rotatable bonds is 7. The van der Waals surface area contributed by atoms with Gasteiger partial charge in [-0.15, -0.1) is 0 Å². The summed E-state index contributed by atoms with van der Waals surface area (Å²) in [5, 5.41) is 2.68. The lowest BCUT2D eigenvalue weighted by molar-refractivity contribution is -0.123. The Hall–Kier alpha value is -2.21. The molecule has 0 bridgehead atoms. The zero-order chi connectivity index (χ0) is 17.5. The highest BCUT2D eigenvalue weighted by Crippen LogP contribution is 2.16. The van der Waals surface area contributed by atoms with Gasteiger partial charge in [-0.3, -0.25) is 9.59 Å². The highest BCUT2D eigenvalue weighted by molar-refractivity contribution is 9.10. The highest BCUT2D eigenvalue weighted by Gasteiger charge is 2.06. The molecular formula is C18H17BrFNO3. The van der Waals surface area contributed by atoms with Crippen molar-refractivity contribution in [2.24, 2.45) is 0 Å². The first-order valence-electron chi connectivity index (χ1n) is 7.40. The number of nitrogens with one attached hydrogen (secondary N) is 1. The van der Waals surface area contributed by atoms with Crippen molar-refractivity contribution in [1.29, 1.82) is 0 Å². The predicted octanol–water partition coefficient (Wildman–Crippen LogP) is 3.53. The molecule has 0 aliphatic carbocycles. The SMILES string of the molecule is CC(=O)c1ccc(OCC(=O)NCCc2cc(Br)ccc2F)cc1. The van der Waals surface area contributed by atoms with Gasteiger partial charge in [-0.25, -0.2) is 4.39 Å². The molecule has 2 aromatic rings. The topological polar surface area (TPSA) is 55.4 Å². The third-order valence-corrected chi connectivity index (χ3v) is 3.85. The normalized spacial score (nSPS) is 10.3. The minimum atomic E-state index is -0.297. The average Bonchev–Trinajstić information content (AvgIpc) is 2.56. The van der Waals surface area contributed by atoms with Crippen LogP contribution in [0.15, 0.2) is 46.9 Å². The molecule has 1 amide bonds. The van der Waals surface area contributed by atoms with Crippen LogP contribution in [-0.2, 0) is 11.2 Å². The van der Waals surface area contributed by atoms with E-state index in [2.05, 4.69) is 21.2 Å². The van der Waals surface area contributed by atoms with Crippen LogP contribution in [0.25, 0.3) is 0 Å². The van der Waals surface area contributed by atoms with Crippen LogP contribution in [0.4, 0.5) is 4.39 Å². The molecule has 0 heterocycles. The van der Waals surface area contributed by atoms with Gasteiger partial charge in [0.15, 0.2) is 12.4 Å². The molecule has 0 atom stereocenters. The Morgan fingerprint density at radius 2 is 1.88 bits per heavy atom. The minimum Gasteiger partial charge on any atom is -0.484 e. The molecule has 2 rings (SSSR count). The van der Waals surface area contributed by atoms with E-state index in [9.17, 15) is 14.0 Å².